The second kappa shape index (κ2) is 5.02. The lowest BCUT2D eigenvalue weighted by Gasteiger charge is -2.07. The van der Waals surface area contributed by atoms with E-state index in [1.807, 2.05) is 42.5 Å². The summed E-state index contributed by atoms with van der Waals surface area (Å²) in [5, 5.41) is 0.922. The largest absolute Gasteiger partial charge is 0.298 e. The molecule has 2 aromatic carbocycles. The van der Waals surface area contributed by atoms with Crippen LogP contribution in [-0.2, 0) is 6.42 Å². The Morgan fingerprint density at radius 2 is 1.68 bits per heavy atom. The van der Waals surface area contributed by atoms with Crippen LogP contribution < -0.4 is 0 Å². The summed E-state index contributed by atoms with van der Waals surface area (Å²) < 4.78 is 0. The molecule has 2 heteroatoms. The first kappa shape index (κ1) is 11.6. The van der Waals surface area contributed by atoms with Gasteiger partial charge in [-0.3, -0.25) is 9.78 Å². The molecule has 1 aromatic heterocycles. The predicted octanol–water partition coefficient (Wildman–Crippen LogP) is 3.64. The molecule has 0 N–H and O–H groups in total. The minimum atomic E-state index is 0.729. The number of para-hydroxylation sites is 1. The number of aldehydes is 1. The fourth-order valence-electron chi connectivity index (χ4n) is 2.30. The van der Waals surface area contributed by atoms with Crippen molar-refractivity contribution < 1.29 is 4.79 Å². The van der Waals surface area contributed by atoms with E-state index in [9.17, 15) is 4.79 Å². The topological polar surface area (TPSA) is 30.0 Å². The molecule has 0 saturated heterocycles. The molecular formula is C17H13NO. The standard InChI is InChI=1S/C17H13NO/c19-12-16-14(10-13-6-2-1-3-7-13)11-18-17-9-5-4-8-15(16)17/h1-9,11-12H,10H2. The first-order chi connectivity index (χ1) is 9.38. The van der Waals surface area contributed by atoms with Gasteiger partial charge in [-0.25, -0.2) is 0 Å². The summed E-state index contributed by atoms with van der Waals surface area (Å²) >= 11 is 0. The van der Waals surface area contributed by atoms with Crippen molar-refractivity contribution in [3.8, 4) is 0 Å². The smallest absolute Gasteiger partial charge is 0.151 e. The molecule has 0 amide bonds. The van der Waals surface area contributed by atoms with Gasteiger partial charge in [0.15, 0.2) is 6.29 Å². The highest BCUT2D eigenvalue weighted by Gasteiger charge is 2.08. The third-order valence-electron chi connectivity index (χ3n) is 3.25. The molecule has 0 spiro atoms. The molecule has 0 bridgehead atoms. The van der Waals surface area contributed by atoms with Crippen LogP contribution in [0, 0.1) is 0 Å². The van der Waals surface area contributed by atoms with Crippen molar-refractivity contribution in [2.75, 3.05) is 0 Å². The molecular weight excluding hydrogens is 234 g/mol. The molecule has 92 valence electrons. The zero-order valence-corrected chi connectivity index (χ0v) is 10.4. The van der Waals surface area contributed by atoms with E-state index in [-0.39, 0.29) is 0 Å². The summed E-state index contributed by atoms with van der Waals surface area (Å²) in [6.45, 7) is 0. The van der Waals surface area contributed by atoms with Gasteiger partial charge in [0.25, 0.3) is 0 Å². The highest BCUT2D eigenvalue weighted by molar-refractivity contribution is 5.97. The second-order valence-electron chi connectivity index (χ2n) is 4.49. The van der Waals surface area contributed by atoms with E-state index < -0.39 is 0 Å². The predicted molar refractivity (Wildman–Crippen MR) is 76.4 cm³/mol. The summed E-state index contributed by atoms with van der Waals surface area (Å²) in [5.74, 6) is 0. The Hall–Kier alpha value is -2.48. The Balaban J connectivity index is 2.11. The van der Waals surface area contributed by atoms with Crippen molar-refractivity contribution in [2.45, 2.75) is 6.42 Å². The highest BCUT2D eigenvalue weighted by Crippen LogP contribution is 2.21. The fraction of sp³-hybridized carbons (Fsp3) is 0.0588. The van der Waals surface area contributed by atoms with Crippen molar-refractivity contribution in [3.05, 3.63) is 77.5 Å². The maximum absolute atomic E-state index is 11.4. The molecule has 1 heterocycles. The normalized spacial score (nSPS) is 10.5. The van der Waals surface area contributed by atoms with E-state index in [0.29, 0.717) is 0 Å². The third-order valence-corrected chi connectivity index (χ3v) is 3.25. The van der Waals surface area contributed by atoms with E-state index in [0.717, 1.165) is 34.7 Å². The first-order valence-corrected chi connectivity index (χ1v) is 6.24. The van der Waals surface area contributed by atoms with Gasteiger partial charge in [0.05, 0.1) is 5.52 Å². The minimum absolute atomic E-state index is 0.729. The molecule has 0 aliphatic rings. The number of pyridine rings is 1. The molecule has 0 fully saturated rings. The van der Waals surface area contributed by atoms with Gasteiger partial charge in [0.1, 0.15) is 0 Å². The lowest BCUT2D eigenvalue weighted by atomic mass is 9.99. The molecule has 2 nitrogen and oxygen atoms in total. The summed E-state index contributed by atoms with van der Waals surface area (Å²) in [6, 6.07) is 17.9. The van der Waals surface area contributed by atoms with Gasteiger partial charge in [-0.2, -0.15) is 0 Å². The quantitative estimate of drug-likeness (QED) is 0.661. The van der Waals surface area contributed by atoms with Crippen LogP contribution in [0.2, 0.25) is 0 Å². The van der Waals surface area contributed by atoms with Crippen molar-refractivity contribution in [1.82, 2.24) is 4.98 Å². The van der Waals surface area contributed by atoms with Gasteiger partial charge in [-0.15, -0.1) is 0 Å². The second-order valence-corrected chi connectivity index (χ2v) is 4.49. The number of carbonyl (C=O) groups excluding carboxylic acids is 1. The number of hydrogen-bond acceptors (Lipinski definition) is 2. The first-order valence-electron chi connectivity index (χ1n) is 6.24. The Morgan fingerprint density at radius 1 is 0.947 bits per heavy atom. The van der Waals surface area contributed by atoms with Crippen LogP contribution in [0.4, 0.5) is 0 Å². The lowest BCUT2D eigenvalue weighted by Crippen LogP contribution is -1.97. The van der Waals surface area contributed by atoms with Crippen LogP contribution in [0.5, 0.6) is 0 Å². The summed E-state index contributed by atoms with van der Waals surface area (Å²) in [7, 11) is 0. The van der Waals surface area contributed by atoms with Crippen LogP contribution in [0.1, 0.15) is 21.5 Å². The molecule has 0 atom stereocenters. The summed E-state index contributed by atoms with van der Waals surface area (Å²) in [5.41, 5.74) is 3.76. The van der Waals surface area contributed by atoms with Gasteiger partial charge in [-0.05, 0) is 23.6 Å². The van der Waals surface area contributed by atoms with E-state index in [1.165, 1.54) is 5.56 Å². The number of benzene rings is 2. The molecule has 0 aliphatic carbocycles. The molecule has 0 radical (unpaired) electrons. The number of fused-ring (bicyclic) bond motifs is 1. The minimum Gasteiger partial charge on any atom is -0.298 e. The number of rotatable bonds is 3. The van der Waals surface area contributed by atoms with Gasteiger partial charge in [0.2, 0.25) is 0 Å². The maximum Gasteiger partial charge on any atom is 0.151 e. The van der Waals surface area contributed by atoms with Crippen LogP contribution in [-0.4, -0.2) is 11.3 Å². The SMILES string of the molecule is O=Cc1c(Cc2ccccc2)cnc2ccccc12. The average Bonchev–Trinajstić information content (AvgIpc) is 2.48. The van der Waals surface area contributed by atoms with Crippen LogP contribution in [0.15, 0.2) is 60.8 Å². The molecule has 0 unspecified atom stereocenters. The van der Waals surface area contributed by atoms with E-state index in [2.05, 4.69) is 17.1 Å². The number of carbonyl (C=O) groups is 1. The van der Waals surface area contributed by atoms with Gasteiger partial charge < -0.3 is 0 Å². The van der Waals surface area contributed by atoms with Gasteiger partial charge >= 0.3 is 0 Å². The van der Waals surface area contributed by atoms with Crippen molar-refractivity contribution in [1.29, 1.82) is 0 Å². The van der Waals surface area contributed by atoms with Crippen LogP contribution in [0.3, 0.4) is 0 Å². The van der Waals surface area contributed by atoms with E-state index in [1.54, 1.807) is 6.20 Å². The molecule has 3 rings (SSSR count). The number of aromatic nitrogens is 1. The molecule has 19 heavy (non-hydrogen) atoms. The Kier molecular flexibility index (Phi) is 3.07. The monoisotopic (exact) mass is 247 g/mol. The maximum atomic E-state index is 11.4. The Bertz CT molecular complexity index is 720. The molecule has 3 aromatic rings. The molecule has 0 saturated carbocycles. The van der Waals surface area contributed by atoms with Crippen LogP contribution in [0.25, 0.3) is 10.9 Å². The van der Waals surface area contributed by atoms with Crippen LogP contribution >= 0.6 is 0 Å². The number of hydrogen-bond donors (Lipinski definition) is 0. The Labute approximate surface area is 111 Å². The highest BCUT2D eigenvalue weighted by atomic mass is 16.1. The Morgan fingerprint density at radius 3 is 2.47 bits per heavy atom. The zero-order valence-electron chi connectivity index (χ0n) is 10.4. The fourth-order valence-corrected chi connectivity index (χ4v) is 2.30. The average molecular weight is 247 g/mol. The molecule has 0 aliphatic heterocycles. The van der Waals surface area contributed by atoms with Gasteiger partial charge in [0, 0.05) is 17.1 Å². The van der Waals surface area contributed by atoms with Crippen molar-refractivity contribution in [3.63, 3.8) is 0 Å². The van der Waals surface area contributed by atoms with E-state index in [4.69, 9.17) is 0 Å². The lowest BCUT2D eigenvalue weighted by molar-refractivity contribution is 0.112. The summed E-state index contributed by atoms with van der Waals surface area (Å²) in [6.07, 6.45) is 3.47. The zero-order chi connectivity index (χ0) is 13.1. The third kappa shape index (κ3) is 2.25. The van der Waals surface area contributed by atoms with Gasteiger partial charge in [-0.1, -0.05) is 48.5 Å². The summed E-state index contributed by atoms with van der Waals surface area (Å²) in [4.78, 5) is 15.8. The van der Waals surface area contributed by atoms with Crippen molar-refractivity contribution >= 4 is 17.2 Å². The van der Waals surface area contributed by atoms with E-state index >= 15 is 0 Å². The number of nitrogens with zero attached hydrogens (tertiary/aromatic N) is 1. The van der Waals surface area contributed by atoms with Crippen molar-refractivity contribution in [2.24, 2.45) is 0 Å².